The number of imidazole rings is 1. The molecule has 1 aliphatic rings. The summed E-state index contributed by atoms with van der Waals surface area (Å²) in [6, 6.07) is 9.03. The van der Waals surface area contributed by atoms with E-state index in [-0.39, 0.29) is 29.3 Å². The van der Waals surface area contributed by atoms with Gasteiger partial charge in [-0.05, 0) is 18.4 Å². The summed E-state index contributed by atoms with van der Waals surface area (Å²) >= 11 is 0. The minimum Gasteiger partial charge on any atom is -0.383 e. The highest BCUT2D eigenvalue weighted by atomic mass is 32.2. The molecule has 1 heterocycles. The number of sulfone groups is 1. The Labute approximate surface area is 177 Å². The molecule has 3 rings (SSSR count). The number of methoxy groups -OCH3 is 2. The molecule has 0 bridgehead atoms. The molecule has 30 heavy (non-hydrogen) atoms. The lowest BCUT2D eigenvalue weighted by molar-refractivity contribution is -0.133. The SMILES string of the molecule is COCCN(Cc1cnc(S(=O)(=O)Cc2ccccc2)n1CCOC)C(=O)C1CC1. The molecule has 2 aromatic rings. The van der Waals surface area contributed by atoms with Crippen LogP contribution in [-0.4, -0.2) is 62.8 Å². The van der Waals surface area contributed by atoms with Crippen molar-refractivity contribution in [1.29, 1.82) is 0 Å². The summed E-state index contributed by atoms with van der Waals surface area (Å²) in [5.74, 6) is 0.0183. The molecule has 0 saturated heterocycles. The van der Waals surface area contributed by atoms with Crippen LogP contribution in [0.25, 0.3) is 0 Å². The average molecular weight is 436 g/mol. The first-order valence-corrected chi connectivity index (χ1v) is 11.7. The van der Waals surface area contributed by atoms with E-state index in [1.54, 1.807) is 42.0 Å². The van der Waals surface area contributed by atoms with Crippen LogP contribution in [0.1, 0.15) is 24.1 Å². The Kier molecular flexibility index (Phi) is 7.63. The number of amides is 1. The van der Waals surface area contributed by atoms with E-state index < -0.39 is 9.84 Å². The molecule has 0 radical (unpaired) electrons. The summed E-state index contributed by atoms with van der Waals surface area (Å²) in [5.41, 5.74) is 1.37. The van der Waals surface area contributed by atoms with Crippen LogP contribution in [0.5, 0.6) is 0 Å². The molecule has 164 valence electrons. The molecular formula is C21H29N3O5S. The standard InChI is InChI=1S/C21H29N3O5S/c1-28-12-10-23(20(25)18-8-9-18)15-19-14-22-21(24(19)11-13-29-2)30(26,27)16-17-6-4-3-5-7-17/h3-7,14,18H,8-13,15-16H2,1-2H3. The van der Waals surface area contributed by atoms with Gasteiger partial charge in [0, 0.05) is 33.2 Å². The number of aromatic nitrogens is 2. The van der Waals surface area contributed by atoms with Gasteiger partial charge in [-0.1, -0.05) is 30.3 Å². The fraction of sp³-hybridized carbons (Fsp3) is 0.524. The molecule has 1 aromatic carbocycles. The van der Waals surface area contributed by atoms with E-state index in [2.05, 4.69) is 4.98 Å². The number of hydrogen-bond donors (Lipinski definition) is 0. The smallest absolute Gasteiger partial charge is 0.228 e. The first-order chi connectivity index (χ1) is 14.5. The van der Waals surface area contributed by atoms with E-state index in [1.807, 2.05) is 18.2 Å². The molecule has 0 unspecified atom stereocenters. The third kappa shape index (κ3) is 5.68. The maximum absolute atomic E-state index is 13.1. The van der Waals surface area contributed by atoms with Crippen molar-refractivity contribution in [1.82, 2.24) is 14.5 Å². The predicted molar refractivity (Wildman–Crippen MR) is 111 cm³/mol. The van der Waals surface area contributed by atoms with Gasteiger partial charge in [0.2, 0.25) is 20.9 Å². The lowest BCUT2D eigenvalue weighted by Gasteiger charge is -2.23. The maximum Gasteiger partial charge on any atom is 0.228 e. The molecule has 1 amide bonds. The normalized spacial score (nSPS) is 14.1. The summed E-state index contributed by atoms with van der Waals surface area (Å²) in [6.07, 6.45) is 3.36. The van der Waals surface area contributed by atoms with Crippen molar-refractivity contribution < 1.29 is 22.7 Å². The monoisotopic (exact) mass is 435 g/mol. The van der Waals surface area contributed by atoms with Gasteiger partial charge in [0.25, 0.3) is 0 Å². The second-order valence-corrected chi connectivity index (χ2v) is 9.33. The fourth-order valence-electron chi connectivity index (χ4n) is 3.30. The Balaban J connectivity index is 1.87. The minimum atomic E-state index is -3.66. The summed E-state index contributed by atoms with van der Waals surface area (Å²) < 4.78 is 38.1. The van der Waals surface area contributed by atoms with Crippen LogP contribution in [0, 0.1) is 5.92 Å². The van der Waals surface area contributed by atoms with E-state index in [0.29, 0.717) is 37.6 Å². The molecule has 9 heteroatoms. The Bertz CT molecular complexity index is 939. The summed E-state index contributed by atoms with van der Waals surface area (Å²) in [4.78, 5) is 18.7. The summed E-state index contributed by atoms with van der Waals surface area (Å²) in [7, 11) is -0.503. The molecule has 8 nitrogen and oxygen atoms in total. The Hall–Kier alpha value is -2.23. The molecule has 1 saturated carbocycles. The van der Waals surface area contributed by atoms with Crippen LogP contribution in [0.3, 0.4) is 0 Å². The van der Waals surface area contributed by atoms with Gasteiger partial charge in [-0.25, -0.2) is 13.4 Å². The predicted octanol–water partition coefficient (Wildman–Crippen LogP) is 1.89. The van der Waals surface area contributed by atoms with Crippen LogP contribution in [0.15, 0.2) is 41.7 Å². The molecule has 0 N–H and O–H groups in total. The van der Waals surface area contributed by atoms with Gasteiger partial charge in [0.05, 0.1) is 37.4 Å². The average Bonchev–Trinajstić information content (AvgIpc) is 3.50. The molecule has 0 atom stereocenters. The number of nitrogens with zero attached hydrogens (tertiary/aromatic N) is 3. The van der Waals surface area contributed by atoms with Crippen molar-refractivity contribution >= 4 is 15.7 Å². The Morgan fingerprint density at radius 1 is 1.17 bits per heavy atom. The zero-order valence-corrected chi connectivity index (χ0v) is 18.3. The van der Waals surface area contributed by atoms with Crippen molar-refractivity contribution in [3.8, 4) is 0 Å². The van der Waals surface area contributed by atoms with Gasteiger partial charge in [0.15, 0.2) is 0 Å². The highest BCUT2D eigenvalue weighted by molar-refractivity contribution is 7.90. The third-order valence-electron chi connectivity index (χ3n) is 5.05. The van der Waals surface area contributed by atoms with E-state index in [4.69, 9.17) is 9.47 Å². The van der Waals surface area contributed by atoms with Crippen LogP contribution in [0.2, 0.25) is 0 Å². The zero-order chi connectivity index (χ0) is 21.6. The van der Waals surface area contributed by atoms with Gasteiger partial charge in [-0.2, -0.15) is 0 Å². The second-order valence-electron chi connectivity index (χ2n) is 7.45. The van der Waals surface area contributed by atoms with Gasteiger partial charge in [0.1, 0.15) is 0 Å². The van der Waals surface area contributed by atoms with Crippen LogP contribution in [-0.2, 0) is 42.9 Å². The van der Waals surface area contributed by atoms with E-state index >= 15 is 0 Å². The van der Waals surface area contributed by atoms with E-state index in [9.17, 15) is 13.2 Å². The topological polar surface area (TPSA) is 90.7 Å². The van der Waals surface area contributed by atoms with Gasteiger partial charge in [-0.15, -0.1) is 0 Å². The molecule has 0 aliphatic heterocycles. The van der Waals surface area contributed by atoms with E-state index in [1.165, 1.54) is 0 Å². The van der Waals surface area contributed by atoms with Crippen LogP contribution in [0.4, 0.5) is 0 Å². The van der Waals surface area contributed by atoms with Crippen LogP contribution < -0.4 is 0 Å². The van der Waals surface area contributed by atoms with Crippen molar-refractivity contribution in [2.24, 2.45) is 5.92 Å². The molecule has 0 spiro atoms. The quantitative estimate of drug-likeness (QED) is 0.506. The highest BCUT2D eigenvalue weighted by Gasteiger charge is 2.34. The van der Waals surface area contributed by atoms with Crippen LogP contribution >= 0.6 is 0 Å². The maximum atomic E-state index is 13.1. The van der Waals surface area contributed by atoms with Gasteiger partial charge in [-0.3, -0.25) is 4.79 Å². The number of rotatable bonds is 12. The number of benzene rings is 1. The third-order valence-corrected chi connectivity index (χ3v) is 6.65. The zero-order valence-electron chi connectivity index (χ0n) is 17.5. The lowest BCUT2D eigenvalue weighted by Crippen LogP contribution is -2.35. The second kappa shape index (κ2) is 10.2. The first-order valence-electron chi connectivity index (χ1n) is 10.0. The van der Waals surface area contributed by atoms with Crippen molar-refractivity contribution in [3.63, 3.8) is 0 Å². The number of hydrogen-bond acceptors (Lipinski definition) is 6. The molecule has 1 fully saturated rings. The summed E-state index contributed by atoms with van der Waals surface area (Å²) in [5, 5.41) is 0.00367. The number of carbonyl (C=O) groups is 1. The fourth-order valence-corrected chi connectivity index (χ4v) is 4.82. The lowest BCUT2D eigenvalue weighted by atomic mass is 10.2. The van der Waals surface area contributed by atoms with Crippen molar-refractivity contribution in [2.45, 2.75) is 36.8 Å². The molecular weight excluding hydrogens is 406 g/mol. The molecule has 1 aliphatic carbocycles. The van der Waals surface area contributed by atoms with Gasteiger partial charge >= 0.3 is 0 Å². The highest BCUT2D eigenvalue weighted by Crippen LogP contribution is 2.31. The largest absolute Gasteiger partial charge is 0.383 e. The van der Waals surface area contributed by atoms with Crippen molar-refractivity contribution in [2.75, 3.05) is 34.0 Å². The van der Waals surface area contributed by atoms with Gasteiger partial charge < -0.3 is 18.9 Å². The Morgan fingerprint density at radius 3 is 2.50 bits per heavy atom. The van der Waals surface area contributed by atoms with E-state index in [0.717, 1.165) is 12.8 Å². The number of ether oxygens (including phenoxy) is 2. The summed E-state index contributed by atoms with van der Waals surface area (Å²) in [6.45, 7) is 1.84. The van der Waals surface area contributed by atoms with Crippen molar-refractivity contribution in [3.05, 3.63) is 47.8 Å². The first kappa shape index (κ1) is 22.5. The number of carbonyl (C=O) groups excluding carboxylic acids is 1. The Morgan fingerprint density at radius 2 is 1.87 bits per heavy atom. The molecule has 1 aromatic heterocycles. The minimum absolute atomic E-state index is 0.00367.